The number of amides is 1. The van der Waals surface area contributed by atoms with Crippen LogP contribution in [0.25, 0.3) is 21.8 Å². The molecule has 2 N–H and O–H groups in total. The fourth-order valence-corrected chi connectivity index (χ4v) is 6.04. The van der Waals surface area contributed by atoms with Crippen LogP contribution in [0.4, 0.5) is 10.5 Å². The maximum Gasteiger partial charge on any atom is 0.407 e. The number of aliphatic hydroxyl groups excluding tert-OH is 1. The van der Waals surface area contributed by atoms with E-state index >= 15 is 0 Å². The van der Waals surface area contributed by atoms with Gasteiger partial charge in [-0.2, -0.15) is 0 Å². The highest BCUT2D eigenvalue weighted by Gasteiger charge is 2.30. The Morgan fingerprint density at radius 1 is 1.12 bits per heavy atom. The zero-order valence-corrected chi connectivity index (χ0v) is 24.7. The molecule has 2 aliphatic rings. The normalized spacial score (nSPS) is 17.3. The number of imidazole rings is 1. The molecule has 42 heavy (non-hydrogen) atoms. The first kappa shape index (κ1) is 28.2. The third-order valence-corrected chi connectivity index (χ3v) is 8.16. The minimum Gasteiger partial charge on any atom is -0.444 e. The van der Waals surface area contributed by atoms with Gasteiger partial charge in [0.05, 0.1) is 35.5 Å². The molecular formula is C32H40N6O4. The Hall–Kier alpha value is -3.92. The Labute approximate surface area is 245 Å². The summed E-state index contributed by atoms with van der Waals surface area (Å²) < 4.78 is 9.15. The molecule has 1 saturated carbocycles. The van der Waals surface area contributed by atoms with E-state index in [-0.39, 0.29) is 30.5 Å². The summed E-state index contributed by atoms with van der Waals surface area (Å²) in [5.74, 6) is 0. The van der Waals surface area contributed by atoms with Gasteiger partial charge in [0, 0.05) is 49.2 Å². The number of anilines is 1. The summed E-state index contributed by atoms with van der Waals surface area (Å²) in [7, 11) is 0. The maximum absolute atomic E-state index is 13.6. The van der Waals surface area contributed by atoms with Crippen LogP contribution < -0.4 is 15.9 Å². The number of benzene rings is 1. The van der Waals surface area contributed by atoms with Crippen molar-refractivity contribution in [2.45, 2.75) is 83.5 Å². The van der Waals surface area contributed by atoms with Crippen molar-refractivity contribution >= 4 is 33.6 Å². The van der Waals surface area contributed by atoms with E-state index in [0.29, 0.717) is 19.5 Å². The van der Waals surface area contributed by atoms with Crippen LogP contribution >= 0.6 is 0 Å². The van der Waals surface area contributed by atoms with Gasteiger partial charge >= 0.3 is 11.8 Å². The molecule has 1 amide bonds. The summed E-state index contributed by atoms with van der Waals surface area (Å²) >= 11 is 0. The summed E-state index contributed by atoms with van der Waals surface area (Å²) in [6.07, 6.45) is 10.2. The zero-order chi connectivity index (χ0) is 29.4. The van der Waals surface area contributed by atoms with E-state index in [0.717, 1.165) is 77.4 Å². The van der Waals surface area contributed by atoms with E-state index < -0.39 is 5.60 Å². The third-order valence-electron chi connectivity index (χ3n) is 8.16. The summed E-state index contributed by atoms with van der Waals surface area (Å²) in [6.45, 7) is 7.65. The summed E-state index contributed by atoms with van der Waals surface area (Å²) in [6, 6.07) is 8.65. The van der Waals surface area contributed by atoms with Crippen molar-refractivity contribution < 1.29 is 14.6 Å². The van der Waals surface area contributed by atoms with E-state index in [9.17, 15) is 14.7 Å². The molecule has 6 rings (SSSR count). The van der Waals surface area contributed by atoms with Crippen molar-refractivity contribution in [3.63, 3.8) is 0 Å². The van der Waals surface area contributed by atoms with Crippen molar-refractivity contribution in [1.82, 2.24) is 24.4 Å². The molecule has 0 spiro atoms. The Kier molecular flexibility index (Phi) is 7.66. The number of hydrogen-bond acceptors (Lipinski definition) is 7. The van der Waals surface area contributed by atoms with Crippen molar-refractivity contribution in [1.29, 1.82) is 0 Å². The number of rotatable bonds is 9. The molecule has 4 aromatic rings. The number of ether oxygens (including phenoxy) is 1. The number of aromatic nitrogens is 4. The van der Waals surface area contributed by atoms with Crippen molar-refractivity contribution in [2.24, 2.45) is 0 Å². The highest BCUT2D eigenvalue weighted by molar-refractivity contribution is 5.89. The van der Waals surface area contributed by atoms with Gasteiger partial charge in [0.1, 0.15) is 5.60 Å². The Morgan fingerprint density at radius 2 is 1.95 bits per heavy atom. The first-order valence-corrected chi connectivity index (χ1v) is 15.0. The summed E-state index contributed by atoms with van der Waals surface area (Å²) in [5, 5.41) is 14.6. The second kappa shape index (κ2) is 11.4. The second-order valence-corrected chi connectivity index (χ2v) is 12.5. The number of carbonyl (C=O) groups is 1. The Morgan fingerprint density at radius 3 is 2.71 bits per heavy atom. The molecule has 3 aromatic heterocycles. The quantitative estimate of drug-likeness (QED) is 0.283. The molecule has 1 aliphatic heterocycles. The fourth-order valence-electron chi connectivity index (χ4n) is 6.04. The standard InChI is InChI=1S/C32H40N6O4/c1-32(2,3)42-30(40)35-22-12-14-36(19-22)24-9-10-25-21(16-24)17-34-27(26(25)6-4-5-15-39)20-37-29-18-33-13-11-28(29)38(31(37)41)23-7-8-23/h9-11,13,16-18,22-23,39H,4-8,12,14-15,19-20H2,1-3H3,(H,35,40)/t22-/m1/s1. The topological polar surface area (TPSA) is 115 Å². The number of fused-ring (bicyclic) bond motifs is 2. The van der Waals surface area contributed by atoms with E-state index in [4.69, 9.17) is 9.72 Å². The highest BCUT2D eigenvalue weighted by atomic mass is 16.6. The van der Waals surface area contributed by atoms with Crippen molar-refractivity contribution in [3.8, 4) is 0 Å². The third kappa shape index (κ3) is 5.86. The maximum atomic E-state index is 13.6. The molecule has 10 nitrogen and oxygen atoms in total. The number of carbonyl (C=O) groups excluding carboxylic acids is 1. The van der Waals surface area contributed by atoms with Gasteiger partial charge in [-0.05, 0) is 88.4 Å². The molecule has 0 radical (unpaired) electrons. The predicted molar refractivity (Wildman–Crippen MR) is 163 cm³/mol. The lowest BCUT2D eigenvalue weighted by Gasteiger charge is -2.23. The molecule has 0 unspecified atom stereocenters. The first-order valence-electron chi connectivity index (χ1n) is 15.0. The predicted octanol–water partition coefficient (Wildman–Crippen LogP) is 4.55. The van der Waals surface area contributed by atoms with E-state index in [2.05, 4.69) is 33.4 Å². The highest BCUT2D eigenvalue weighted by Crippen LogP contribution is 2.36. The van der Waals surface area contributed by atoms with Crippen LogP contribution in [-0.4, -0.2) is 61.6 Å². The Balaban J connectivity index is 1.28. The van der Waals surface area contributed by atoms with Gasteiger partial charge in [0.15, 0.2) is 0 Å². The number of aliphatic hydroxyl groups is 1. The zero-order valence-electron chi connectivity index (χ0n) is 24.7. The minimum absolute atomic E-state index is 0.0115. The van der Waals surface area contributed by atoms with Crippen LogP contribution in [0.1, 0.15) is 70.2 Å². The average molecular weight is 573 g/mol. The molecule has 1 atom stereocenters. The monoisotopic (exact) mass is 572 g/mol. The van der Waals surface area contributed by atoms with Crippen molar-refractivity contribution in [2.75, 3.05) is 24.6 Å². The number of aryl methyl sites for hydroxylation is 1. The molecule has 10 heteroatoms. The van der Waals surface area contributed by atoms with Crippen LogP contribution in [0.5, 0.6) is 0 Å². The minimum atomic E-state index is -0.527. The largest absolute Gasteiger partial charge is 0.444 e. The van der Waals surface area contributed by atoms with Crippen molar-refractivity contribution in [3.05, 3.63) is 64.6 Å². The number of unbranched alkanes of at least 4 members (excludes halogenated alkanes) is 1. The second-order valence-electron chi connectivity index (χ2n) is 12.5. The number of nitrogens with one attached hydrogen (secondary N) is 1. The van der Waals surface area contributed by atoms with Gasteiger partial charge in [-0.1, -0.05) is 6.07 Å². The van der Waals surface area contributed by atoms with Crippen LogP contribution in [0, 0.1) is 0 Å². The number of hydrogen-bond donors (Lipinski definition) is 2. The number of pyridine rings is 2. The lowest BCUT2D eigenvalue weighted by Crippen LogP contribution is -2.40. The van der Waals surface area contributed by atoms with E-state index in [1.165, 1.54) is 0 Å². The fraction of sp³-hybridized carbons (Fsp3) is 0.500. The number of alkyl carbamates (subject to hydrolysis) is 1. The smallest absolute Gasteiger partial charge is 0.407 e. The van der Waals surface area contributed by atoms with Gasteiger partial charge in [0.25, 0.3) is 0 Å². The summed E-state index contributed by atoms with van der Waals surface area (Å²) in [4.78, 5) is 37.3. The average Bonchev–Trinajstić information content (AvgIpc) is 3.61. The van der Waals surface area contributed by atoms with Gasteiger partial charge < -0.3 is 20.1 Å². The van der Waals surface area contributed by atoms with Crippen LogP contribution in [0.15, 0.2) is 47.7 Å². The molecule has 4 heterocycles. The molecular weight excluding hydrogens is 532 g/mol. The Bertz CT molecular complexity index is 1670. The molecule has 0 bridgehead atoms. The SMILES string of the molecule is CC(C)(C)OC(=O)N[C@@H]1CCN(c2ccc3c(CCCCO)c(Cn4c(=O)n(C5CC5)c5ccncc54)ncc3c2)C1. The molecule has 2 fully saturated rings. The molecule has 1 aromatic carbocycles. The van der Waals surface area contributed by atoms with Gasteiger partial charge in [-0.15, -0.1) is 0 Å². The lowest BCUT2D eigenvalue weighted by molar-refractivity contribution is 0.0509. The molecule has 222 valence electrons. The van der Waals surface area contributed by atoms with Crippen LogP contribution in [0.3, 0.4) is 0 Å². The van der Waals surface area contributed by atoms with E-state index in [1.54, 1.807) is 17.0 Å². The van der Waals surface area contributed by atoms with E-state index in [1.807, 2.05) is 37.6 Å². The van der Waals surface area contributed by atoms with Gasteiger partial charge in [-0.25, -0.2) is 9.59 Å². The summed E-state index contributed by atoms with van der Waals surface area (Å²) in [5.41, 5.74) is 4.29. The number of nitrogens with zero attached hydrogens (tertiary/aromatic N) is 5. The van der Waals surface area contributed by atoms with Crippen LogP contribution in [-0.2, 0) is 17.7 Å². The molecule has 1 aliphatic carbocycles. The lowest BCUT2D eigenvalue weighted by atomic mass is 9.98. The van der Waals surface area contributed by atoms with Crippen LogP contribution in [0.2, 0.25) is 0 Å². The first-order chi connectivity index (χ1) is 20.2. The van der Waals surface area contributed by atoms with Gasteiger partial charge in [-0.3, -0.25) is 19.1 Å². The molecule has 1 saturated heterocycles. The van der Waals surface area contributed by atoms with Gasteiger partial charge in [0.2, 0.25) is 0 Å².